The van der Waals surface area contributed by atoms with Crippen molar-refractivity contribution in [3.63, 3.8) is 0 Å². The predicted octanol–water partition coefficient (Wildman–Crippen LogP) is 4.13. The van der Waals surface area contributed by atoms with Crippen LogP contribution in [0.1, 0.15) is 40.5 Å². The van der Waals surface area contributed by atoms with Gasteiger partial charge in [0.25, 0.3) is 0 Å². The lowest BCUT2D eigenvalue weighted by Crippen LogP contribution is -2.36. The lowest BCUT2D eigenvalue weighted by Gasteiger charge is -2.25. The van der Waals surface area contributed by atoms with Gasteiger partial charge in [-0.3, -0.25) is 4.79 Å². The molecule has 0 unspecified atom stereocenters. The maximum absolute atomic E-state index is 12.3. The summed E-state index contributed by atoms with van der Waals surface area (Å²) in [7, 11) is 0. The smallest absolute Gasteiger partial charge is 0.410 e. The minimum atomic E-state index is -0.473. The minimum absolute atomic E-state index is 0.0860. The van der Waals surface area contributed by atoms with E-state index in [-0.39, 0.29) is 18.1 Å². The van der Waals surface area contributed by atoms with Gasteiger partial charge in [0.05, 0.1) is 5.69 Å². The van der Waals surface area contributed by atoms with E-state index in [9.17, 15) is 9.59 Å². The zero-order valence-electron chi connectivity index (χ0n) is 19.0. The highest BCUT2D eigenvalue weighted by Crippen LogP contribution is 2.40. The summed E-state index contributed by atoms with van der Waals surface area (Å²) in [4.78, 5) is 25.3. The number of fused-ring (bicyclic) bond motifs is 1. The van der Waals surface area contributed by atoms with Crippen LogP contribution in [0.4, 0.5) is 10.5 Å². The number of ether oxygens (including phenoxy) is 2. The van der Waals surface area contributed by atoms with Crippen LogP contribution in [0.5, 0.6) is 5.88 Å². The van der Waals surface area contributed by atoms with Crippen molar-refractivity contribution in [2.45, 2.75) is 52.2 Å². The van der Waals surface area contributed by atoms with Gasteiger partial charge in [0.1, 0.15) is 11.7 Å². The first kappa shape index (κ1) is 22.0. The maximum atomic E-state index is 12.3. The fourth-order valence-electron chi connectivity index (χ4n) is 4.45. The van der Waals surface area contributed by atoms with Gasteiger partial charge < -0.3 is 19.7 Å². The third-order valence-electron chi connectivity index (χ3n) is 5.79. The Labute approximate surface area is 188 Å². The number of amides is 2. The maximum Gasteiger partial charge on any atom is 0.410 e. The molecule has 2 fully saturated rings. The number of hydrogen-bond acceptors (Lipinski definition) is 6. The number of nitrogens with zero attached hydrogens (tertiary/aromatic N) is 3. The highest BCUT2D eigenvalue weighted by molar-refractivity contribution is 5.88. The Morgan fingerprint density at radius 1 is 1.00 bits per heavy atom. The molecule has 0 spiro atoms. The largest absolute Gasteiger partial charge is 0.473 e. The molecule has 1 aliphatic heterocycles. The fraction of sp³-hybridized carbons (Fsp3) is 0.500. The summed E-state index contributed by atoms with van der Waals surface area (Å²) in [5.41, 5.74) is 1.92. The Bertz CT molecular complexity index is 955. The van der Waals surface area contributed by atoms with E-state index >= 15 is 0 Å². The molecule has 2 aromatic rings. The molecule has 170 valence electrons. The normalized spacial score (nSPS) is 22.4. The zero-order valence-corrected chi connectivity index (χ0v) is 19.0. The second-order valence-electron chi connectivity index (χ2n) is 9.63. The van der Waals surface area contributed by atoms with Crippen molar-refractivity contribution in [3.05, 3.63) is 36.4 Å². The first-order chi connectivity index (χ1) is 15.2. The van der Waals surface area contributed by atoms with Crippen LogP contribution >= 0.6 is 0 Å². The van der Waals surface area contributed by atoms with Gasteiger partial charge >= 0.3 is 6.09 Å². The quantitative estimate of drug-likeness (QED) is 0.772. The van der Waals surface area contributed by atoms with E-state index in [1.807, 2.05) is 62.1 Å². The van der Waals surface area contributed by atoms with Crippen molar-refractivity contribution in [2.75, 3.05) is 18.4 Å². The Morgan fingerprint density at radius 2 is 1.66 bits per heavy atom. The molecule has 1 aromatic heterocycles. The van der Waals surface area contributed by atoms with E-state index in [0.717, 1.165) is 42.9 Å². The van der Waals surface area contributed by atoms with Crippen LogP contribution in [0.2, 0.25) is 0 Å². The van der Waals surface area contributed by atoms with Crippen molar-refractivity contribution in [1.82, 2.24) is 15.1 Å². The molecule has 1 saturated carbocycles. The van der Waals surface area contributed by atoms with Gasteiger partial charge in [0.2, 0.25) is 11.8 Å². The standard InChI is InChI=1S/C24H30N4O4/c1-15(29)25-19-7-5-16(6-8-19)21-9-10-22(27-26-21)31-20-11-17-13-28(14-18(17)12-20)23(30)32-24(2,3)4/h5-10,17-18,20H,11-14H2,1-4H3,(H,25,29)/t17-,18+,20+. The van der Waals surface area contributed by atoms with Gasteiger partial charge in [-0.2, -0.15) is 0 Å². The van der Waals surface area contributed by atoms with Gasteiger partial charge in [-0.25, -0.2) is 4.79 Å². The van der Waals surface area contributed by atoms with Crippen molar-refractivity contribution >= 4 is 17.7 Å². The third kappa shape index (κ3) is 5.36. The number of likely N-dealkylation sites (tertiary alicyclic amines) is 1. The van der Waals surface area contributed by atoms with Crippen LogP contribution in [0, 0.1) is 11.8 Å². The molecule has 4 rings (SSSR count). The van der Waals surface area contributed by atoms with E-state index in [4.69, 9.17) is 9.47 Å². The van der Waals surface area contributed by atoms with Crippen LogP contribution in [-0.4, -0.2) is 51.9 Å². The second-order valence-corrected chi connectivity index (χ2v) is 9.63. The van der Waals surface area contributed by atoms with Gasteiger partial charge in [0.15, 0.2) is 0 Å². The monoisotopic (exact) mass is 438 g/mol. The first-order valence-electron chi connectivity index (χ1n) is 11.0. The van der Waals surface area contributed by atoms with Crippen molar-refractivity contribution < 1.29 is 19.1 Å². The predicted molar refractivity (Wildman–Crippen MR) is 120 cm³/mol. The molecule has 0 radical (unpaired) electrons. The summed E-state index contributed by atoms with van der Waals surface area (Å²) in [6.07, 6.45) is 1.66. The number of benzene rings is 1. The molecular formula is C24H30N4O4. The van der Waals surface area contributed by atoms with Gasteiger partial charge in [-0.15, -0.1) is 10.2 Å². The Hall–Kier alpha value is -3.16. The summed E-state index contributed by atoms with van der Waals surface area (Å²) < 4.78 is 11.6. The molecule has 1 saturated heterocycles. The van der Waals surface area contributed by atoms with Crippen LogP contribution in [-0.2, 0) is 9.53 Å². The molecule has 8 nitrogen and oxygen atoms in total. The zero-order chi connectivity index (χ0) is 22.9. The highest BCUT2D eigenvalue weighted by atomic mass is 16.6. The van der Waals surface area contributed by atoms with E-state index in [1.165, 1.54) is 6.92 Å². The third-order valence-corrected chi connectivity index (χ3v) is 5.79. The summed E-state index contributed by atoms with van der Waals surface area (Å²) in [5, 5.41) is 11.3. The van der Waals surface area contributed by atoms with Crippen molar-refractivity contribution in [3.8, 4) is 17.1 Å². The molecule has 2 aliphatic rings. The number of aromatic nitrogens is 2. The van der Waals surface area contributed by atoms with E-state index in [0.29, 0.717) is 17.7 Å². The van der Waals surface area contributed by atoms with Gasteiger partial charge in [-0.05, 0) is 63.6 Å². The lowest BCUT2D eigenvalue weighted by atomic mass is 10.0. The minimum Gasteiger partial charge on any atom is -0.473 e. The van der Waals surface area contributed by atoms with Crippen LogP contribution in [0.3, 0.4) is 0 Å². The van der Waals surface area contributed by atoms with Gasteiger partial charge in [-0.1, -0.05) is 12.1 Å². The summed E-state index contributed by atoms with van der Waals surface area (Å²) in [5.74, 6) is 1.27. The van der Waals surface area contributed by atoms with Crippen molar-refractivity contribution in [2.24, 2.45) is 11.8 Å². The van der Waals surface area contributed by atoms with Crippen LogP contribution in [0.25, 0.3) is 11.3 Å². The van der Waals surface area contributed by atoms with E-state index in [2.05, 4.69) is 15.5 Å². The molecule has 1 N–H and O–H groups in total. The van der Waals surface area contributed by atoms with E-state index < -0.39 is 5.60 Å². The number of rotatable bonds is 4. The average molecular weight is 439 g/mol. The Kier molecular flexibility index (Phi) is 6.04. The first-order valence-corrected chi connectivity index (χ1v) is 11.0. The Morgan fingerprint density at radius 3 is 2.19 bits per heavy atom. The lowest BCUT2D eigenvalue weighted by molar-refractivity contribution is -0.114. The topological polar surface area (TPSA) is 93.7 Å². The molecule has 32 heavy (non-hydrogen) atoms. The number of nitrogens with one attached hydrogen (secondary N) is 1. The highest BCUT2D eigenvalue weighted by Gasteiger charge is 2.44. The molecular weight excluding hydrogens is 408 g/mol. The van der Waals surface area contributed by atoms with Gasteiger partial charge in [0, 0.05) is 37.3 Å². The SMILES string of the molecule is CC(=O)Nc1ccc(-c2ccc(O[C@H]3C[C@@H]4CN(C(=O)OC(C)(C)C)C[C@@H]4C3)nn2)cc1. The summed E-state index contributed by atoms with van der Waals surface area (Å²) >= 11 is 0. The fourth-order valence-corrected chi connectivity index (χ4v) is 4.45. The number of carbonyl (C=O) groups excluding carboxylic acids is 2. The molecule has 1 aliphatic carbocycles. The average Bonchev–Trinajstić information content (AvgIpc) is 3.26. The molecule has 8 heteroatoms. The number of hydrogen-bond donors (Lipinski definition) is 1. The van der Waals surface area contributed by atoms with E-state index in [1.54, 1.807) is 0 Å². The molecule has 3 atom stereocenters. The van der Waals surface area contributed by atoms with Crippen LogP contribution < -0.4 is 10.1 Å². The summed E-state index contributed by atoms with van der Waals surface area (Å²) in [6, 6.07) is 11.2. The van der Waals surface area contributed by atoms with Crippen LogP contribution in [0.15, 0.2) is 36.4 Å². The molecule has 1 aromatic carbocycles. The molecule has 2 heterocycles. The summed E-state index contributed by atoms with van der Waals surface area (Å²) in [6.45, 7) is 8.58. The second kappa shape index (κ2) is 8.76. The van der Waals surface area contributed by atoms with Crippen molar-refractivity contribution in [1.29, 1.82) is 0 Å². The number of carbonyl (C=O) groups is 2. The molecule has 0 bridgehead atoms. The molecule has 2 amide bonds. The Balaban J connectivity index is 1.29. The number of anilines is 1.